The van der Waals surface area contributed by atoms with E-state index in [1.165, 1.54) is 0 Å². The van der Waals surface area contributed by atoms with Gasteiger partial charge in [-0.15, -0.1) is 11.6 Å². The monoisotopic (exact) mass is 336 g/mol. The van der Waals surface area contributed by atoms with Crippen molar-refractivity contribution < 1.29 is 55.6 Å². The maximum atomic E-state index is 9.24. The summed E-state index contributed by atoms with van der Waals surface area (Å²) in [7, 11) is -6.47. The molecule has 0 radical (unpaired) electrons. The molecule has 0 aliphatic heterocycles. The predicted octanol–water partition coefficient (Wildman–Crippen LogP) is -0.747. The van der Waals surface area contributed by atoms with Gasteiger partial charge in [-0.25, -0.2) is 0 Å². The van der Waals surface area contributed by atoms with Gasteiger partial charge in [0.2, 0.25) is 0 Å². The van der Waals surface area contributed by atoms with Crippen molar-refractivity contribution in [3.05, 3.63) is 0 Å². The van der Waals surface area contributed by atoms with Gasteiger partial charge in [0.15, 0.2) is 0 Å². The number of halogens is 1. The minimum atomic E-state index is -3.24. The third-order valence-corrected chi connectivity index (χ3v) is 1.45. The molecule has 0 aromatic rings. The van der Waals surface area contributed by atoms with Gasteiger partial charge in [0.25, 0.3) is 0 Å². The minimum absolute atomic E-state index is 0. The molecule has 0 aromatic heterocycles. The van der Waals surface area contributed by atoms with Gasteiger partial charge in [-0.1, -0.05) is 0 Å². The molecule has 10 heteroatoms. The summed E-state index contributed by atoms with van der Waals surface area (Å²) in [6.45, 7) is 0.0849. The van der Waals surface area contributed by atoms with Gasteiger partial charge in [0.1, 0.15) is 4.31 Å². The van der Waals surface area contributed by atoms with E-state index >= 15 is 0 Å². The first-order valence-electron chi connectivity index (χ1n) is 2.18. The fraction of sp³-hybridized carbons (Fsp3) is 1.00. The summed E-state index contributed by atoms with van der Waals surface area (Å²) < 4.78 is 21.6. The molecule has 0 spiro atoms. The first-order valence-corrected chi connectivity index (χ1v) is 4.90. The van der Waals surface area contributed by atoms with Gasteiger partial charge < -0.3 is 14.9 Å². The van der Waals surface area contributed by atoms with Crippen molar-refractivity contribution in [1.29, 1.82) is 0 Å². The molecule has 2 atom stereocenters. The third kappa shape index (κ3) is 30.3. The van der Waals surface area contributed by atoms with Crippen LogP contribution in [0.4, 0.5) is 0 Å². The second-order valence-electron chi connectivity index (χ2n) is 0.941. The molecule has 6 nitrogen and oxygen atoms in total. The second-order valence-corrected chi connectivity index (χ2v) is 2.87. The van der Waals surface area contributed by atoms with Gasteiger partial charge >= 0.3 is 43.8 Å². The zero-order valence-corrected chi connectivity index (χ0v) is 12.5. The van der Waals surface area contributed by atoms with Crippen molar-refractivity contribution >= 4 is 28.1 Å². The molecular weight excluding hydrogens is 330 g/mol. The zero-order chi connectivity index (χ0) is 9.28. The smallest absolute Gasteiger partial charge is 0.563 e. The van der Waals surface area contributed by atoms with E-state index in [1.54, 1.807) is 0 Å². The number of hydrogen-bond acceptors (Lipinski definition) is 6. The largest absolute Gasteiger partial charge is 2.00 e. The van der Waals surface area contributed by atoms with Gasteiger partial charge in [-0.2, -0.15) is 0 Å². The van der Waals surface area contributed by atoms with Crippen LogP contribution in [0.1, 0.15) is 0 Å². The summed E-state index contributed by atoms with van der Waals surface area (Å²) >= 11 is 4.94. The number of aliphatic hydroxyl groups excluding tert-OH is 1. The van der Waals surface area contributed by atoms with Crippen LogP contribution in [0.3, 0.4) is 0 Å². The first-order chi connectivity index (χ1) is 5.04. The van der Waals surface area contributed by atoms with Crippen molar-refractivity contribution in [2.75, 3.05) is 12.5 Å². The Labute approximate surface area is 95.9 Å². The van der Waals surface area contributed by atoms with Crippen molar-refractivity contribution in [2.24, 2.45) is 0 Å². The Bertz CT molecular complexity index is 119. The Kier molecular flexibility index (Phi) is 23.3. The molecule has 1 N–H and O–H groups in total. The fourth-order valence-corrected chi connectivity index (χ4v) is 0.490. The summed E-state index contributed by atoms with van der Waals surface area (Å²) in [5.74, 6) is 0.347. The van der Waals surface area contributed by atoms with E-state index in [0.717, 1.165) is 0 Å². The molecule has 0 fully saturated rings. The second kappa shape index (κ2) is 14.8. The maximum absolute atomic E-state index is 9.24. The van der Waals surface area contributed by atoms with Crippen LogP contribution in [-0.4, -0.2) is 17.6 Å². The van der Waals surface area contributed by atoms with Gasteiger partial charge in [-0.3, -0.25) is 0 Å². The topological polar surface area (TPSA) is 110 Å². The van der Waals surface area contributed by atoms with Crippen LogP contribution in [0.5, 0.6) is 0 Å². The molecule has 12 heavy (non-hydrogen) atoms. The van der Waals surface area contributed by atoms with E-state index in [9.17, 15) is 18.9 Å². The summed E-state index contributed by atoms with van der Waals surface area (Å²) in [5.41, 5.74) is 0. The Hall–Kier alpha value is 1.25. The molecule has 0 aromatic carbocycles. The van der Waals surface area contributed by atoms with E-state index in [4.69, 9.17) is 16.7 Å². The quantitative estimate of drug-likeness (QED) is 0.413. The summed E-state index contributed by atoms with van der Waals surface area (Å²) in [4.78, 5) is 18.5. The first kappa shape index (κ1) is 18.9. The number of rotatable bonds is 3. The SMILES string of the molecule is O=[P+]([O-])O[P+](=O)[O-].OCCCl.[Cd+2]. The van der Waals surface area contributed by atoms with Crippen molar-refractivity contribution in [3.8, 4) is 0 Å². The maximum Gasteiger partial charge on any atom is 2.00 e. The van der Waals surface area contributed by atoms with Crippen molar-refractivity contribution in [3.63, 3.8) is 0 Å². The van der Waals surface area contributed by atoms with E-state index in [0.29, 0.717) is 5.88 Å². The Morgan fingerprint density at radius 1 is 1.33 bits per heavy atom. The average molecular weight is 335 g/mol. The van der Waals surface area contributed by atoms with Gasteiger partial charge in [0, 0.05) is 5.88 Å². The van der Waals surface area contributed by atoms with E-state index in [-0.39, 0.29) is 33.9 Å². The number of hydrogen-bond donors (Lipinski definition) is 1. The van der Waals surface area contributed by atoms with Crippen LogP contribution in [0.25, 0.3) is 0 Å². The molecule has 0 aliphatic carbocycles. The van der Waals surface area contributed by atoms with Crippen LogP contribution in [0, 0.1) is 0 Å². The van der Waals surface area contributed by atoms with E-state index in [1.807, 2.05) is 0 Å². The molecule has 0 amide bonds. The molecule has 0 saturated heterocycles. The van der Waals surface area contributed by atoms with Crippen molar-refractivity contribution in [2.45, 2.75) is 0 Å². The minimum Gasteiger partial charge on any atom is -0.563 e. The molecule has 0 bridgehead atoms. The third-order valence-electron chi connectivity index (χ3n) is 0.218. The summed E-state index contributed by atoms with van der Waals surface area (Å²) in [6, 6.07) is 0. The predicted molar refractivity (Wildman–Crippen MR) is 34.1 cm³/mol. The van der Waals surface area contributed by atoms with Crippen molar-refractivity contribution in [1.82, 2.24) is 0 Å². The molecule has 0 aliphatic rings. The molecular formula is C2H5CdClO6P2+2. The van der Waals surface area contributed by atoms with Crippen LogP contribution < -0.4 is 9.79 Å². The number of aliphatic hydroxyl groups is 1. The van der Waals surface area contributed by atoms with Crippen LogP contribution in [-0.2, 0) is 40.7 Å². The summed E-state index contributed by atoms with van der Waals surface area (Å²) in [5, 5.41) is 7.74. The van der Waals surface area contributed by atoms with Crippen LogP contribution in [0.15, 0.2) is 0 Å². The normalized spacial score (nSPS) is 10.3. The standard InChI is InChI=1S/C2H5ClO.Cd.O5P2/c3-1-2-4;;1-6(2)5-7(3)4/h4H,1-2H2;;/q;+2;. The van der Waals surface area contributed by atoms with E-state index in [2.05, 4.69) is 4.31 Å². The molecule has 0 heterocycles. The van der Waals surface area contributed by atoms with Gasteiger partial charge in [-0.05, 0) is 9.13 Å². The van der Waals surface area contributed by atoms with Gasteiger partial charge in [0.05, 0.1) is 6.61 Å². The molecule has 2 unspecified atom stereocenters. The Morgan fingerprint density at radius 3 is 1.58 bits per heavy atom. The molecule has 66 valence electrons. The van der Waals surface area contributed by atoms with Crippen LogP contribution in [0.2, 0.25) is 0 Å². The molecule has 0 rings (SSSR count). The number of alkyl halides is 1. The van der Waals surface area contributed by atoms with Crippen LogP contribution >= 0.6 is 28.1 Å². The average Bonchev–Trinajstić information content (AvgIpc) is 1.85. The zero-order valence-electron chi connectivity index (χ0n) is 5.88. The summed E-state index contributed by atoms with van der Waals surface area (Å²) in [6.07, 6.45) is 0. The molecule has 0 saturated carbocycles. The Balaban J connectivity index is -0.000000142. The fourth-order valence-electron chi connectivity index (χ4n) is 0.0544. The van der Waals surface area contributed by atoms with E-state index < -0.39 is 16.5 Å². The Morgan fingerprint density at radius 2 is 1.58 bits per heavy atom.